The number of hydrogen-bond donors (Lipinski definition) is 5. The van der Waals surface area contributed by atoms with Crippen LogP contribution in [0.1, 0.15) is 62.3 Å². The zero-order valence-corrected chi connectivity index (χ0v) is 17.0. The van der Waals surface area contributed by atoms with Crippen LogP contribution in [0, 0.1) is 0 Å². The van der Waals surface area contributed by atoms with Crippen LogP contribution in [-0.4, -0.2) is 68.3 Å². The fraction of sp³-hybridized carbons (Fsp3) is 0.647. The molecule has 0 saturated carbocycles. The van der Waals surface area contributed by atoms with Gasteiger partial charge in [-0.15, -0.1) is 0 Å². The number of aliphatic imine (C=N–C) groups is 1. The van der Waals surface area contributed by atoms with Gasteiger partial charge in [0.1, 0.15) is 6.04 Å². The summed E-state index contributed by atoms with van der Waals surface area (Å²) in [5.74, 6) is -1.65. The fourth-order valence-corrected chi connectivity index (χ4v) is 3.22. The van der Waals surface area contributed by atoms with Crippen LogP contribution in [0.25, 0.3) is 0 Å². The molecule has 0 aromatic carbocycles. The average Bonchev–Trinajstić information content (AvgIpc) is 3.38. The molecule has 2 rings (SSSR count). The molecule has 1 fully saturated rings. The first kappa shape index (κ1) is 23.9. The third kappa shape index (κ3) is 7.09. The molecule has 0 radical (unpaired) electrons. The molecule has 1 unspecified atom stereocenters. The van der Waals surface area contributed by atoms with Crippen LogP contribution in [0.3, 0.4) is 0 Å². The highest BCUT2D eigenvalue weighted by Crippen LogP contribution is 2.23. The van der Waals surface area contributed by atoms with Gasteiger partial charge in [0, 0.05) is 24.3 Å². The van der Waals surface area contributed by atoms with Gasteiger partial charge >= 0.3 is 18.0 Å². The second-order valence-electron chi connectivity index (χ2n) is 7.20. The third-order valence-corrected chi connectivity index (χ3v) is 4.82. The predicted molar refractivity (Wildman–Crippen MR) is 108 cm³/mol. The molecule has 1 aromatic rings. The second kappa shape index (κ2) is 11.1. The summed E-state index contributed by atoms with van der Waals surface area (Å²) >= 11 is 0. The van der Waals surface area contributed by atoms with Gasteiger partial charge in [-0.25, -0.2) is 4.79 Å². The van der Waals surface area contributed by atoms with E-state index >= 15 is 0 Å². The first-order chi connectivity index (χ1) is 14.7. The Balaban J connectivity index is 2.11. The largest absolute Gasteiger partial charge is 0.563 e. The van der Waals surface area contributed by atoms with Gasteiger partial charge in [-0.1, -0.05) is 5.16 Å². The summed E-state index contributed by atoms with van der Waals surface area (Å²) in [6.45, 7) is 0.669. The number of guanidine groups is 1. The highest BCUT2D eigenvalue weighted by molar-refractivity contribution is 5.83. The Morgan fingerprint density at radius 1 is 1.35 bits per heavy atom. The number of carboxylic acid groups (broad SMARTS) is 1. The van der Waals surface area contributed by atoms with E-state index in [4.69, 9.17) is 31.9 Å². The summed E-state index contributed by atoms with van der Waals surface area (Å²) in [7, 11) is 0. The van der Waals surface area contributed by atoms with Crippen LogP contribution >= 0.6 is 0 Å². The number of hydrogen-bond acceptors (Lipinski definition) is 8. The van der Waals surface area contributed by atoms with E-state index in [9.17, 15) is 14.4 Å². The van der Waals surface area contributed by atoms with Gasteiger partial charge in [-0.3, -0.25) is 9.79 Å². The van der Waals surface area contributed by atoms with Crippen molar-refractivity contribution in [2.24, 2.45) is 22.2 Å². The number of carbonyl (C=O) groups excluding carboxylic acids is 2. The number of aromatic nitrogens is 2. The van der Waals surface area contributed by atoms with E-state index in [2.05, 4.69) is 20.4 Å². The maximum Gasteiger partial charge on any atom is 0.538 e. The van der Waals surface area contributed by atoms with Crippen molar-refractivity contribution < 1.29 is 29.1 Å². The van der Waals surface area contributed by atoms with Crippen LogP contribution in [0.15, 0.2) is 9.52 Å². The van der Waals surface area contributed by atoms with Crippen LogP contribution in [0.4, 0.5) is 4.79 Å². The van der Waals surface area contributed by atoms with Gasteiger partial charge in [0.25, 0.3) is 0 Å². The van der Waals surface area contributed by atoms with Crippen molar-refractivity contribution in [1.82, 2.24) is 20.4 Å². The van der Waals surface area contributed by atoms with E-state index in [1.807, 2.05) is 0 Å². The lowest BCUT2D eigenvalue weighted by molar-refractivity contribution is -0.141. The fourth-order valence-electron chi connectivity index (χ4n) is 3.22. The molecule has 1 saturated heterocycles. The van der Waals surface area contributed by atoms with E-state index in [1.165, 1.54) is 4.90 Å². The Morgan fingerprint density at radius 2 is 2.10 bits per heavy atom. The summed E-state index contributed by atoms with van der Waals surface area (Å²) in [6, 6.07) is -2.76. The summed E-state index contributed by atoms with van der Waals surface area (Å²) in [5.41, 5.74) is 16.6. The van der Waals surface area contributed by atoms with Crippen molar-refractivity contribution in [3.05, 3.63) is 11.7 Å². The van der Waals surface area contributed by atoms with Gasteiger partial charge in [-0.05, 0) is 32.1 Å². The zero-order chi connectivity index (χ0) is 23.0. The second-order valence-corrected chi connectivity index (χ2v) is 7.20. The maximum atomic E-state index is 12.7. The Bertz CT molecular complexity index is 808. The molecule has 3 atom stereocenters. The number of nitrogens with zero attached hydrogens (tertiary/aromatic N) is 4. The minimum absolute atomic E-state index is 0.0565. The molecule has 172 valence electrons. The third-order valence-electron chi connectivity index (χ3n) is 4.82. The number of amides is 2. The molecule has 2 amide bonds. The van der Waals surface area contributed by atoms with E-state index in [-0.39, 0.29) is 30.5 Å². The number of urea groups is 1. The molecular weight excluding hydrogens is 412 g/mol. The van der Waals surface area contributed by atoms with Crippen molar-refractivity contribution in [3.63, 3.8) is 0 Å². The Hall–Kier alpha value is -3.42. The molecule has 1 aliphatic rings. The molecule has 1 aliphatic heterocycles. The minimum Gasteiger partial charge on any atom is -0.563 e. The highest BCUT2D eigenvalue weighted by Gasteiger charge is 2.39. The molecule has 0 bridgehead atoms. The number of rotatable bonds is 11. The lowest BCUT2D eigenvalue weighted by Crippen LogP contribution is -2.47. The van der Waals surface area contributed by atoms with Crippen LogP contribution in [0.5, 0.6) is 0 Å². The smallest absolute Gasteiger partial charge is 0.538 e. The maximum absolute atomic E-state index is 12.7. The Morgan fingerprint density at radius 3 is 2.74 bits per heavy atom. The lowest BCUT2D eigenvalue weighted by atomic mass is 10.1. The summed E-state index contributed by atoms with van der Waals surface area (Å²) < 4.78 is 5.26. The van der Waals surface area contributed by atoms with E-state index < -0.39 is 36.1 Å². The van der Waals surface area contributed by atoms with Crippen molar-refractivity contribution in [1.29, 1.82) is 0 Å². The first-order valence-electron chi connectivity index (χ1n) is 9.88. The van der Waals surface area contributed by atoms with Crippen molar-refractivity contribution in [2.75, 3.05) is 13.1 Å². The van der Waals surface area contributed by atoms with Gasteiger partial charge in [0.15, 0.2) is 17.8 Å². The molecule has 2 heterocycles. The standard InChI is InChI=1S/C17H28N8O6/c18-9(5-6-12(26)27)13-23-14(31-24-13)10(3-1-7-21-16(19)20)22-17(30)25-8-2-4-11(25)15(28)29/h9-11H,1-8,18H2,(H,22,30)(H,26,27)(H,28,29)(H4,19,20,21)/p+1/t9-,10-,11?/m0/s1. The Kier molecular flexibility index (Phi) is 8.54. The van der Waals surface area contributed by atoms with Gasteiger partial charge in [0.2, 0.25) is 5.89 Å². The SMILES string of the molecule is NC(N)=NCCC[C@H](NC(=O)N1CCCC1C(=O)[OH2+])c1nc([C@@H](N)CCC(=O)O)no1. The van der Waals surface area contributed by atoms with Gasteiger partial charge in [0.05, 0.1) is 6.04 Å². The van der Waals surface area contributed by atoms with Gasteiger partial charge < -0.3 is 42.2 Å². The predicted octanol–water partition coefficient (Wildman–Crippen LogP) is -1.55. The molecule has 14 heteroatoms. The average molecular weight is 441 g/mol. The molecule has 10 N–H and O–H groups in total. The monoisotopic (exact) mass is 441 g/mol. The number of likely N-dealkylation sites (tertiary alicyclic amines) is 1. The van der Waals surface area contributed by atoms with Crippen LogP contribution < -0.4 is 22.5 Å². The minimum atomic E-state index is -0.992. The van der Waals surface area contributed by atoms with E-state index in [1.54, 1.807) is 0 Å². The number of carboxylic acids is 1. The summed E-state index contributed by atoms with van der Waals surface area (Å²) in [4.78, 5) is 44.4. The van der Waals surface area contributed by atoms with E-state index in [0.29, 0.717) is 38.8 Å². The molecule has 31 heavy (non-hydrogen) atoms. The molecule has 0 spiro atoms. The van der Waals surface area contributed by atoms with Crippen molar-refractivity contribution in [3.8, 4) is 0 Å². The van der Waals surface area contributed by atoms with E-state index in [0.717, 1.165) is 0 Å². The lowest BCUT2D eigenvalue weighted by Gasteiger charge is -2.23. The molecule has 14 nitrogen and oxygen atoms in total. The van der Waals surface area contributed by atoms with Crippen LogP contribution in [0.2, 0.25) is 0 Å². The molecular formula is C17H29N8O6+. The topological polar surface area (TPSA) is 239 Å². The Labute approximate surface area is 177 Å². The molecule has 0 aliphatic carbocycles. The number of nitrogens with one attached hydrogen (secondary N) is 1. The quantitative estimate of drug-likeness (QED) is 0.115. The zero-order valence-electron chi connectivity index (χ0n) is 17.0. The summed E-state index contributed by atoms with van der Waals surface area (Å²) in [5, 5.41) is 22.7. The van der Waals surface area contributed by atoms with Crippen molar-refractivity contribution in [2.45, 2.75) is 56.7 Å². The first-order valence-corrected chi connectivity index (χ1v) is 9.88. The number of carbonyl (C=O) groups is 3. The number of nitrogens with two attached hydrogens (primary N) is 3. The van der Waals surface area contributed by atoms with Crippen LogP contribution in [-0.2, 0) is 9.59 Å². The normalized spacial score (nSPS) is 17.7. The highest BCUT2D eigenvalue weighted by atomic mass is 16.5. The summed E-state index contributed by atoms with van der Waals surface area (Å²) in [6.07, 6.45) is 1.86. The van der Waals surface area contributed by atoms with Gasteiger partial charge in [-0.2, -0.15) is 4.98 Å². The number of aliphatic carboxylic acids is 1. The molecule has 1 aromatic heterocycles. The van der Waals surface area contributed by atoms with Crippen molar-refractivity contribution >= 4 is 23.9 Å².